The number of alkyl halides is 2. The molecular formula is C17H17F3O. The summed E-state index contributed by atoms with van der Waals surface area (Å²) < 4.78 is 45.5. The molecule has 0 saturated heterocycles. The molecule has 0 aliphatic rings. The number of hydrogen-bond acceptors (Lipinski definition) is 1. The van der Waals surface area contributed by atoms with E-state index in [1.54, 1.807) is 6.07 Å². The first-order valence-corrected chi connectivity index (χ1v) is 6.76. The highest BCUT2D eigenvalue weighted by atomic mass is 19.3. The van der Waals surface area contributed by atoms with E-state index in [-0.39, 0.29) is 5.75 Å². The van der Waals surface area contributed by atoms with Crippen LogP contribution in [0.2, 0.25) is 0 Å². The van der Waals surface area contributed by atoms with Gasteiger partial charge < -0.3 is 4.74 Å². The summed E-state index contributed by atoms with van der Waals surface area (Å²) in [6, 6.07) is 8.95. The summed E-state index contributed by atoms with van der Waals surface area (Å²) in [6.07, 6.45) is 0.918. The summed E-state index contributed by atoms with van der Waals surface area (Å²) in [5.41, 5.74) is 1.65. The van der Waals surface area contributed by atoms with Gasteiger partial charge in [-0.15, -0.1) is 0 Å². The standard InChI is InChI=1S/C17H17F3O/c1-4-12-5-6-13(9-11(12)2)21-14-7-8-15(16(18)10-14)17(3,19)20/h5-10H,4H2,1-3H3. The summed E-state index contributed by atoms with van der Waals surface area (Å²) >= 11 is 0. The first kappa shape index (κ1) is 15.4. The van der Waals surface area contributed by atoms with Crippen molar-refractivity contribution in [3.8, 4) is 11.5 Å². The molecule has 0 atom stereocenters. The van der Waals surface area contributed by atoms with Crippen LogP contribution in [0.1, 0.15) is 30.5 Å². The molecule has 0 N–H and O–H groups in total. The van der Waals surface area contributed by atoms with E-state index in [4.69, 9.17) is 4.74 Å². The molecule has 0 aliphatic heterocycles. The third kappa shape index (κ3) is 3.57. The monoisotopic (exact) mass is 294 g/mol. The van der Waals surface area contributed by atoms with Gasteiger partial charge in [-0.25, -0.2) is 13.2 Å². The van der Waals surface area contributed by atoms with E-state index in [0.29, 0.717) is 12.7 Å². The van der Waals surface area contributed by atoms with Gasteiger partial charge >= 0.3 is 0 Å². The van der Waals surface area contributed by atoms with Gasteiger partial charge in [0, 0.05) is 13.0 Å². The van der Waals surface area contributed by atoms with E-state index in [2.05, 4.69) is 6.92 Å². The topological polar surface area (TPSA) is 9.23 Å². The first-order valence-electron chi connectivity index (χ1n) is 6.76. The van der Waals surface area contributed by atoms with Gasteiger partial charge in [0.2, 0.25) is 0 Å². The van der Waals surface area contributed by atoms with Crippen LogP contribution >= 0.6 is 0 Å². The lowest BCUT2D eigenvalue weighted by Gasteiger charge is -2.13. The molecule has 2 rings (SSSR count). The molecule has 0 unspecified atom stereocenters. The number of halogens is 3. The van der Waals surface area contributed by atoms with Gasteiger partial charge in [-0.3, -0.25) is 0 Å². The molecular weight excluding hydrogens is 277 g/mol. The lowest BCUT2D eigenvalue weighted by atomic mass is 10.1. The van der Waals surface area contributed by atoms with E-state index >= 15 is 0 Å². The van der Waals surface area contributed by atoms with Crippen LogP contribution in [-0.2, 0) is 12.3 Å². The third-order valence-corrected chi connectivity index (χ3v) is 3.34. The predicted molar refractivity (Wildman–Crippen MR) is 76.6 cm³/mol. The fourth-order valence-electron chi connectivity index (χ4n) is 2.18. The van der Waals surface area contributed by atoms with Gasteiger partial charge in [0.25, 0.3) is 5.92 Å². The van der Waals surface area contributed by atoms with Crippen molar-refractivity contribution in [3.63, 3.8) is 0 Å². The summed E-state index contributed by atoms with van der Waals surface area (Å²) in [4.78, 5) is 0. The lowest BCUT2D eigenvalue weighted by Crippen LogP contribution is -2.09. The van der Waals surface area contributed by atoms with E-state index in [1.165, 1.54) is 11.6 Å². The van der Waals surface area contributed by atoms with Crippen LogP contribution in [0.5, 0.6) is 11.5 Å². The molecule has 1 nitrogen and oxygen atoms in total. The maximum absolute atomic E-state index is 13.7. The molecule has 0 amide bonds. The van der Waals surface area contributed by atoms with E-state index in [1.807, 2.05) is 19.1 Å². The molecule has 0 heterocycles. The van der Waals surface area contributed by atoms with Crippen molar-refractivity contribution in [1.29, 1.82) is 0 Å². The Morgan fingerprint density at radius 1 is 1.05 bits per heavy atom. The Balaban J connectivity index is 2.24. The largest absolute Gasteiger partial charge is 0.457 e. The minimum atomic E-state index is -3.21. The Morgan fingerprint density at radius 3 is 2.19 bits per heavy atom. The molecule has 0 fully saturated rings. The lowest BCUT2D eigenvalue weighted by molar-refractivity contribution is 0.0137. The van der Waals surface area contributed by atoms with Gasteiger partial charge in [-0.2, -0.15) is 0 Å². The fourth-order valence-corrected chi connectivity index (χ4v) is 2.18. The van der Waals surface area contributed by atoms with Gasteiger partial charge in [-0.1, -0.05) is 13.0 Å². The molecule has 0 aromatic heterocycles. The summed E-state index contributed by atoms with van der Waals surface area (Å²) in [7, 11) is 0. The quantitative estimate of drug-likeness (QED) is 0.713. The molecule has 0 bridgehead atoms. The second-order valence-corrected chi connectivity index (χ2v) is 5.07. The zero-order chi connectivity index (χ0) is 15.6. The van der Waals surface area contributed by atoms with Crippen LogP contribution in [0.4, 0.5) is 13.2 Å². The second kappa shape index (κ2) is 5.80. The fraction of sp³-hybridized carbons (Fsp3) is 0.294. The smallest absolute Gasteiger partial charge is 0.273 e. The third-order valence-electron chi connectivity index (χ3n) is 3.34. The van der Waals surface area contributed by atoms with Crippen LogP contribution in [-0.4, -0.2) is 0 Å². The van der Waals surface area contributed by atoms with Crippen LogP contribution in [0, 0.1) is 12.7 Å². The molecule has 0 aliphatic carbocycles. The van der Waals surface area contributed by atoms with Gasteiger partial charge in [0.15, 0.2) is 0 Å². The van der Waals surface area contributed by atoms with Crippen LogP contribution < -0.4 is 4.74 Å². The zero-order valence-electron chi connectivity index (χ0n) is 12.2. The first-order chi connectivity index (χ1) is 9.81. The highest BCUT2D eigenvalue weighted by molar-refractivity contribution is 5.39. The maximum atomic E-state index is 13.7. The second-order valence-electron chi connectivity index (χ2n) is 5.07. The summed E-state index contributed by atoms with van der Waals surface area (Å²) in [5.74, 6) is -3.42. The zero-order valence-corrected chi connectivity index (χ0v) is 12.2. The van der Waals surface area contributed by atoms with Crippen molar-refractivity contribution in [3.05, 3.63) is 58.9 Å². The van der Waals surface area contributed by atoms with Crippen molar-refractivity contribution in [2.45, 2.75) is 33.1 Å². The Bertz CT molecular complexity index is 645. The minimum absolute atomic E-state index is 0.198. The van der Waals surface area contributed by atoms with Crippen LogP contribution in [0.25, 0.3) is 0 Å². The Labute approximate surface area is 122 Å². The van der Waals surface area contributed by atoms with Crippen LogP contribution in [0.3, 0.4) is 0 Å². The molecule has 112 valence electrons. The Morgan fingerprint density at radius 2 is 1.67 bits per heavy atom. The van der Waals surface area contributed by atoms with Gasteiger partial charge in [0.05, 0.1) is 5.56 Å². The predicted octanol–water partition coefficient (Wildman–Crippen LogP) is 5.60. The number of ether oxygens (including phenoxy) is 1. The van der Waals surface area contributed by atoms with Crippen molar-refractivity contribution in [1.82, 2.24) is 0 Å². The summed E-state index contributed by atoms with van der Waals surface area (Å²) in [5, 5.41) is 0. The van der Waals surface area contributed by atoms with E-state index < -0.39 is 17.3 Å². The van der Waals surface area contributed by atoms with Gasteiger partial charge in [0.1, 0.15) is 17.3 Å². The van der Waals surface area contributed by atoms with Crippen molar-refractivity contribution >= 4 is 0 Å². The molecule has 4 heteroatoms. The molecule has 0 saturated carbocycles. The highest BCUT2D eigenvalue weighted by Crippen LogP contribution is 2.32. The molecule has 21 heavy (non-hydrogen) atoms. The maximum Gasteiger partial charge on any atom is 0.273 e. The average Bonchev–Trinajstić information content (AvgIpc) is 2.37. The number of hydrogen-bond donors (Lipinski definition) is 0. The Hall–Kier alpha value is -1.97. The van der Waals surface area contributed by atoms with Crippen molar-refractivity contribution in [2.24, 2.45) is 0 Å². The number of benzene rings is 2. The molecule has 0 radical (unpaired) electrons. The molecule has 2 aromatic carbocycles. The average molecular weight is 294 g/mol. The highest BCUT2D eigenvalue weighted by Gasteiger charge is 2.28. The minimum Gasteiger partial charge on any atom is -0.457 e. The van der Waals surface area contributed by atoms with Crippen molar-refractivity contribution < 1.29 is 17.9 Å². The number of rotatable bonds is 4. The summed E-state index contributed by atoms with van der Waals surface area (Å²) in [6.45, 7) is 4.69. The van der Waals surface area contributed by atoms with E-state index in [9.17, 15) is 13.2 Å². The SMILES string of the molecule is CCc1ccc(Oc2ccc(C(C)(F)F)c(F)c2)cc1C. The normalized spacial score (nSPS) is 11.5. The number of aryl methyl sites for hydroxylation is 2. The van der Waals surface area contributed by atoms with Crippen molar-refractivity contribution in [2.75, 3.05) is 0 Å². The molecule has 2 aromatic rings. The van der Waals surface area contributed by atoms with Crippen LogP contribution in [0.15, 0.2) is 36.4 Å². The van der Waals surface area contributed by atoms with Gasteiger partial charge in [-0.05, 0) is 48.7 Å². The molecule has 0 spiro atoms. The van der Waals surface area contributed by atoms with E-state index in [0.717, 1.165) is 24.1 Å². The Kier molecular flexibility index (Phi) is 4.26.